The van der Waals surface area contributed by atoms with Crippen molar-refractivity contribution in [3.05, 3.63) is 58.1 Å². The fourth-order valence-electron chi connectivity index (χ4n) is 1.72. The van der Waals surface area contributed by atoms with Gasteiger partial charge in [0.2, 0.25) is 0 Å². The van der Waals surface area contributed by atoms with Gasteiger partial charge in [0.05, 0.1) is 11.6 Å². The molecule has 2 aromatic carbocycles. The van der Waals surface area contributed by atoms with Crippen LogP contribution in [0.25, 0.3) is 0 Å². The van der Waals surface area contributed by atoms with Crippen molar-refractivity contribution in [3.63, 3.8) is 0 Å². The average molecular weight is 263 g/mol. The molecule has 0 aliphatic rings. The Bertz CT molecular complexity index is 564. The number of aliphatic hydroxyl groups is 1. The molecule has 0 aliphatic carbocycles. The molecular formula is C15H15ClO2. The summed E-state index contributed by atoms with van der Waals surface area (Å²) in [7, 11) is 0. The van der Waals surface area contributed by atoms with Crippen LogP contribution in [0, 0.1) is 13.8 Å². The zero-order valence-corrected chi connectivity index (χ0v) is 11.2. The van der Waals surface area contributed by atoms with Gasteiger partial charge in [-0.15, -0.1) is 0 Å². The molecule has 0 aliphatic heterocycles. The van der Waals surface area contributed by atoms with Gasteiger partial charge in [-0.2, -0.15) is 0 Å². The summed E-state index contributed by atoms with van der Waals surface area (Å²) in [5, 5.41) is 9.71. The Hall–Kier alpha value is -1.51. The standard InChI is InChI=1S/C15H15ClO2/c1-10-3-6-15(14(16)7-10)18-13-5-4-12(9-17)11(2)8-13/h3-8,17H,9H2,1-2H3. The molecule has 0 saturated carbocycles. The Labute approximate surface area is 112 Å². The van der Waals surface area contributed by atoms with Gasteiger partial charge in [-0.3, -0.25) is 0 Å². The summed E-state index contributed by atoms with van der Waals surface area (Å²) in [6, 6.07) is 11.2. The maximum Gasteiger partial charge on any atom is 0.146 e. The summed E-state index contributed by atoms with van der Waals surface area (Å²) >= 11 is 6.11. The monoisotopic (exact) mass is 262 g/mol. The number of hydrogen-bond acceptors (Lipinski definition) is 2. The molecule has 0 amide bonds. The van der Waals surface area contributed by atoms with Crippen molar-refractivity contribution in [2.24, 2.45) is 0 Å². The fraction of sp³-hybridized carbons (Fsp3) is 0.200. The number of aryl methyl sites for hydroxylation is 2. The van der Waals surface area contributed by atoms with Gasteiger partial charge < -0.3 is 9.84 Å². The second-order valence-electron chi connectivity index (χ2n) is 4.28. The minimum atomic E-state index is 0.0391. The van der Waals surface area contributed by atoms with E-state index >= 15 is 0 Å². The quantitative estimate of drug-likeness (QED) is 0.896. The fourth-order valence-corrected chi connectivity index (χ4v) is 2.00. The van der Waals surface area contributed by atoms with E-state index in [4.69, 9.17) is 21.4 Å². The molecule has 18 heavy (non-hydrogen) atoms. The Morgan fingerprint density at radius 1 is 1.11 bits per heavy atom. The predicted octanol–water partition coefficient (Wildman–Crippen LogP) is 4.24. The van der Waals surface area contributed by atoms with Crippen LogP contribution in [0.5, 0.6) is 11.5 Å². The molecule has 0 spiro atoms. The maximum absolute atomic E-state index is 9.11. The topological polar surface area (TPSA) is 29.5 Å². The first-order valence-corrected chi connectivity index (χ1v) is 6.12. The molecular weight excluding hydrogens is 248 g/mol. The highest BCUT2D eigenvalue weighted by Crippen LogP contribution is 2.30. The molecule has 0 aromatic heterocycles. The Morgan fingerprint density at radius 2 is 1.89 bits per heavy atom. The smallest absolute Gasteiger partial charge is 0.146 e. The minimum absolute atomic E-state index is 0.0391. The van der Waals surface area contributed by atoms with Crippen LogP contribution in [0.2, 0.25) is 5.02 Å². The van der Waals surface area contributed by atoms with Crippen molar-refractivity contribution in [1.82, 2.24) is 0 Å². The molecule has 2 aromatic rings. The predicted molar refractivity (Wildman–Crippen MR) is 73.4 cm³/mol. The van der Waals surface area contributed by atoms with Gasteiger partial charge in [0.25, 0.3) is 0 Å². The van der Waals surface area contributed by atoms with Crippen LogP contribution in [-0.2, 0) is 6.61 Å². The SMILES string of the molecule is Cc1ccc(Oc2ccc(CO)c(C)c2)c(Cl)c1. The lowest BCUT2D eigenvalue weighted by Gasteiger charge is -2.10. The van der Waals surface area contributed by atoms with E-state index in [0.29, 0.717) is 10.8 Å². The number of benzene rings is 2. The summed E-state index contributed by atoms with van der Waals surface area (Å²) in [6.45, 7) is 3.96. The Balaban J connectivity index is 2.26. The highest BCUT2D eigenvalue weighted by molar-refractivity contribution is 6.32. The molecule has 0 bridgehead atoms. The molecule has 0 heterocycles. The highest BCUT2D eigenvalue weighted by Gasteiger charge is 2.05. The van der Waals surface area contributed by atoms with E-state index in [-0.39, 0.29) is 6.61 Å². The summed E-state index contributed by atoms with van der Waals surface area (Å²) in [6.07, 6.45) is 0. The van der Waals surface area contributed by atoms with Crippen molar-refractivity contribution >= 4 is 11.6 Å². The zero-order valence-electron chi connectivity index (χ0n) is 10.4. The summed E-state index contributed by atoms with van der Waals surface area (Å²) < 4.78 is 5.73. The van der Waals surface area contributed by atoms with Crippen molar-refractivity contribution in [3.8, 4) is 11.5 Å². The molecule has 0 atom stereocenters. The normalized spacial score (nSPS) is 10.4. The van der Waals surface area contributed by atoms with E-state index in [1.807, 2.05) is 50.2 Å². The molecule has 2 rings (SSSR count). The van der Waals surface area contributed by atoms with Crippen LogP contribution in [-0.4, -0.2) is 5.11 Å². The van der Waals surface area contributed by atoms with Crippen molar-refractivity contribution in [2.45, 2.75) is 20.5 Å². The van der Waals surface area contributed by atoms with Crippen LogP contribution < -0.4 is 4.74 Å². The van der Waals surface area contributed by atoms with Crippen molar-refractivity contribution in [1.29, 1.82) is 0 Å². The number of rotatable bonds is 3. The first-order chi connectivity index (χ1) is 8.60. The van der Waals surface area contributed by atoms with Crippen LogP contribution in [0.4, 0.5) is 0 Å². The molecule has 0 fully saturated rings. The second kappa shape index (κ2) is 5.42. The van der Waals surface area contributed by atoms with Crippen LogP contribution >= 0.6 is 11.6 Å². The van der Waals surface area contributed by atoms with E-state index < -0.39 is 0 Å². The lowest BCUT2D eigenvalue weighted by Crippen LogP contribution is -1.91. The van der Waals surface area contributed by atoms with Crippen LogP contribution in [0.1, 0.15) is 16.7 Å². The van der Waals surface area contributed by atoms with Crippen LogP contribution in [0.3, 0.4) is 0 Å². The lowest BCUT2D eigenvalue weighted by molar-refractivity contribution is 0.281. The Morgan fingerprint density at radius 3 is 2.50 bits per heavy atom. The first kappa shape index (κ1) is 12.9. The zero-order chi connectivity index (χ0) is 13.1. The van der Waals surface area contributed by atoms with Gasteiger partial charge in [-0.05, 0) is 54.8 Å². The average Bonchev–Trinajstić information content (AvgIpc) is 2.33. The van der Waals surface area contributed by atoms with E-state index in [1.54, 1.807) is 0 Å². The summed E-state index contributed by atoms with van der Waals surface area (Å²) in [5.41, 5.74) is 3.00. The molecule has 3 heteroatoms. The molecule has 94 valence electrons. The van der Waals surface area contributed by atoms with Gasteiger partial charge in [-0.25, -0.2) is 0 Å². The lowest BCUT2D eigenvalue weighted by atomic mass is 10.1. The van der Waals surface area contributed by atoms with E-state index in [1.165, 1.54) is 0 Å². The molecule has 0 radical (unpaired) electrons. The van der Waals surface area contributed by atoms with E-state index in [9.17, 15) is 0 Å². The van der Waals surface area contributed by atoms with Crippen molar-refractivity contribution < 1.29 is 9.84 Å². The van der Waals surface area contributed by atoms with E-state index in [2.05, 4.69) is 0 Å². The van der Waals surface area contributed by atoms with Gasteiger partial charge in [0.1, 0.15) is 11.5 Å². The van der Waals surface area contributed by atoms with E-state index in [0.717, 1.165) is 22.4 Å². The number of halogens is 1. The van der Waals surface area contributed by atoms with Gasteiger partial charge in [0, 0.05) is 0 Å². The third kappa shape index (κ3) is 2.84. The minimum Gasteiger partial charge on any atom is -0.456 e. The van der Waals surface area contributed by atoms with Gasteiger partial charge in [0.15, 0.2) is 0 Å². The highest BCUT2D eigenvalue weighted by atomic mass is 35.5. The molecule has 0 unspecified atom stereocenters. The van der Waals surface area contributed by atoms with Gasteiger partial charge in [-0.1, -0.05) is 23.7 Å². The summed E-state index contributed by atoms with van der Waals surface area (Å²) in [5.74, 6) is 1.36. The first-order valence-electron chi connectivity index (χ1n) is 5.74. The van der Waals surface area contributed by atoms with Crippen molar-refractivity contribution in [2.75, 3.05) is 0 Å². The number of ether oxygens (including phenoxy) is 1. The third-order valence-corrected chi connectivity index (χ3v) is 3.09. The molecule has 0 saturated heterocycles. The summed E-state index contributed by atoms with van der Waals surface area (Å²) in [4.78, 5) is 0. The maximum atomic E-state index is 9.11. The largest absolute Gasteiger partial charge is 0.456 e. The second-order valence-corrected chi connectivity index (χ2v) is 4.69. The Kier molecular flexibility index (Phi) is 3.90. The number of hydrogen-bond donors (Lipinski definition) is 1. The third-order valence-electron chi connectivity index (χ3n) is 2.80. The molecule has 1 N–H and O–H groups in total. The molecule has 2 nitrogen and oxygen atoms in total. The van der Waals surface area contributed by atoms with Crippen LogP contribution in [0.15, 0.2) is 36.4 Å². The number of aliphatic hydroxyl groups excluding tert-OH is 1. The van der Waals surface area contributed by atoms with Gasteiger partial charge >= 0.3 is 0 Å².